The van der Waals surface area contributed by atoms with E-state index >= 15 is 0 Å². The van der Waals surface area contributed by atoms with Crippen molar-refractivity contribution in [3.63, 3.8) is 0 Å². The highest BCUT2D eigenvalue weighted by atomic mass is 32.2. The van der Waals surface area contributed by atoms with E-state index in [4.69, 9.17) is 0 Å². The molecule has 1 atom stereocenters. The van der Waals surface area contributed by atoms with E-state index < -0.39 is 12.6 Å². The van der Waals surface area contributed by atoms with Gasteiger partial charge in [-0.3, -0.25) is 4.99 Å². The molecule has 0 aromatic rings. The van der Waals surface area contributed by atoms with Crippen molar-refractivity contribution >= 4 is 16.9 Å². The van der Waals surface area contributed by atoms with Gasteiger partial charge in [0.1, 0.15) is 0 Å². The van der Waals surface area contributed by atoms with Crippen LogP contribution in [0.15, 0.2) is 4.99 Å². The van der Waals surface area contributed by atoms with Crippen LogP contribution in [0, 0.1) is 5.92 Å². The van der Waals surface area contributed by atoms with E-state index in [1.54, 1.807) is 11.8 Å². The summed E-state index contributed by atoms with van der Waals surface area (Å²) in [5.41, 5.74) is 0. The molecule has 0 aromatic carbocycles. The molecule has 1 aliphatic rings. The Kier molecular flexibility index (Phi) is 4.95. The number of alkyl halides is 3. The van der Waals surface area contributed by atoms with E-state index in [2.05, 4.69) is 24.2 Å². The van der Waals surface area contributed by atoms with E-state index in [1.165, 1.54) is 0 Å². The number of rotatable bonds is 4. The van der Waals surface area contributed by atoms with Crippen LogP contribution in [-0.4, -0.2) is 29.7 Å². The molecule has 0 saturated carbocycles. The van der Waals surface area contributed by atoms with Crippen LogP contribution in [0.3, 0.4) is 0 Å². The van der Waals surface area contributed by atoms with Crippen LogP contribution < -0.4 is 5.32 Å². The van der Waals surface area contributed by atoms with Crippen LogP contribution in [0.1, 0.15) is 26.7 Å². The first-order valence-electron chi connectivity index (χ1n) is 5.38. The zero-order chi connectivity index (χ0) is 12.2. The number of aliphatic imine (C=N–C) groups is 1. The van der Waals surface area contributed by atoms with Gasteiger partial charge in [0.05, 0.1) is 13.0 Å². The summed E-state index contributed by atoms with van der Waals surface area (Å²) in [5, 5.41) is 3.82. The fourth-order valence-corrected chi connectivity index (χ4v) is 2.75. The zero-order valence-electron chi connectivity index (χ0n) is 9.47. The molecule has 0 radical (unpaired) electrons. The quantitative estimate of drug-likeness (QED) is 0.834. The summed E-state index contributed by atoms with van der Waals surface area (Å²) in [6.07, 6.45) is -3.84. The van der Waals surface area contributed by atoms with E-state index in [1.807, 2.05) is 0 Å². The third kappa shape index (κ3) is 5.63. The predicted molar refractivity (Wildman–Crippen MR) is 61.8 cm³/mol. The molecule has 0 fully saturated rings. The van der Waals surface area contributed by atoms with Crippen molar-refractivity contribution < 1.29 is 13.2 Å². The standard InChI is InChI=1S/C10H17F3N2S/c1-7(2)5-8-6-15-9(16-8)14-4-3-10(11,12)13/h7-8H,3-6H2,1-2H3,(H,14,15). The molecular formula is C10H17F3N2S. The van der Waals surface area contributed by atoms with E-state index in [-0.39, 0.29) is 6.54 Å². The molecule has 0 spiro atoms. The van der Waals surface area contributed by atoms with Gasteiger partial charge in [-0.15, -0.1) is 0 Å². The minimum atomic E-state index is -4.09. The average Bonchev–Trinajstić information content (AvgIpc) is 2.49. The number of amidine groups is 1. The van der Waals surface area contributed by atoms with Gasteiger partial charge in [0.2, 0.25) is 0 Å². The summed E-state index contributed by atoms with van der Waals surface area (Å²) < 4.78 is 35.7. The zero-order valence-corrected chi connectivity index (χ0v) is 10.3. The lowest BCUT2D eigenvalue weighted by atomic mass is 10.1. The fraction of sp³-hybridized carbons (Fsp3) is 0.900. The van der Waals surface area contributed by atoms with Gasteiger partial charge in [0, 0.05) is 11.8 Å². The van der Waals surface area contributed by atoms with Gasteiger partial charge in [-0.1, -0.05) is 25.6 Å². The molecule has 6 heteroatoms. The highest BCUT2D eigenvalue weighted by molar-refractivity contribution is 8.14. The maximum Gasteiger partial charge on any atom is 0.390 e. The molecule has 0 aliphatic carbocycles. The Morgan fingerprint density at radius 2 is 2.19 bits per heavy atom. The second-order valence-corrected chi connectivity index (χ2v) is 5.60. The topological polar surface area (TPSA) is 24.4 Å². The highest BCUT2D eigenvalue weighted by Crippen LogP contribution is 2.25. The van der Waals surface area contributed by atoms with Crippen molar-refractivity contribution in [1.29, 1.82) is 0 Å². The average molecular weight is 254 g/mol. The molecular weight excluding hydrogens is 237 g/mol. The lowest BCUT2D eigenvalue weighted by Crippen LogP contribution is -2.25. The third-order valence-corrected chi connectivity index (χ3v) is 3.31. The van der Waals surface area contributed by atoms with Gasteiger partial charge in [0.25, 0.3) is 0 Å². The molecule has 94 valence electrons. The molecule has 16 heavy (non-hydrogen) atoms. The number of thioether (sulfide) groups is 1. The largest absolute Gasteiger partial charge is 0.390 e. The molecule has 0 amide bonds. The molecule has 2 nitrogen and oxygen atoms in total. The first-order valence-corrected chi connectivity index (χ1v) is 6.26. The van der Waals surface area contributed by atoms with Gasteiger partial charge in [-0.2, -0.15) is 13.2 Å². The Hall–Kier alpha value is -0.390. The Bertz CT molecular complexity index is 251. The molecule has 1 heterocycles. The van der Waals surface area contributed by atoms with Crippen molar-refractivity contribution in [3.05, 3.63) is 0 Å². The van der Waals surface area contributed by atoms with E-state index in [0.717, 1.165) is 13.0 Å². The smallest absolute Gasteiger partial charge is 0.365 e. The minimum absolute atomic E-state index is 0.0796. The van der Waals surface area contributed by atoms with Crippen molar-refractivity contribution in [2.45, 2.75) is 38.1 Å². The summed E-state index contributed by atoms with van der Waals surface area (Å²) >= 11 is 1.56. The predicted octanol–water partition coefficient (Wildman–Crippen LogP) is 3.05. The third-order valence-electron chi connectivity index (χ3n) is 2.14. The Labute approximate surface area is 98.1 Å². The SMILES string of the molecule is CC(C)CC1CN=C(NCCC(F)(F)F)S1. The van der Waals surface area contributed by atoms with Gasteiger partial charge in [0.15, 0.2) is 5.17 Å². The molecule has 0 bridgehead atoms. The first-order chi connectivity index (χ1) is 7.37. The van der Waals surface area contributed by atoms with Crippen molar-refractivity contribution in [1.82, 2.24) is 5.32 Å². The van der Waals surface area contributed by atoms with Crippen LogP contribution in [-0.2, 0) is 0 Å². The summed E-state index contributed by atoms with van der Waals surface area (Å²) in [6, 6.07) is 0. The van der Waals surface area contributed by atoms with Crippen LogP contribution in [0.25, 0.3) is 0 Å². The van der Waals surface area contributed by atoms with Crippen LogP contribution in [0.5, 0.6) is 0 Å². The Balaban J connectivity index is 2.16. The summed E-state index contributed by atoms with van der Waals surface area (Å²) in [7, 11) is 0. The monoisotopic (exact) mass is 254 g/mol. The summed E-state index contributed by atoms with van der Waals surface area (Å²) in [6.45, 7) is 4.91. The maximum absolute atomic E-state index is 11.9. The van der Waals surface area contributed by atoms with Crippen molar-refractivity contribution in [2.24, 2.45) is 10.9 Å². The lowest BCUT2D eigenvalue weighted by molar-refractivity contribution is -0.132. The molecule has 0 saturated heterocycles. The lowest BCUT2D eigenvalue weighted by Gasteiger charge is -2.11. The van der Waals surface area contributed by atoms with Crippen molar-refractivity contribution in [3.8, 4) is 0 Å². The highest BCUT2D eigenvalue weighted by Gasteiger charge is 2.27. The number of halogens is 3. The molecule has 1 aliphatic heterocycles. The summed E-state index contributed by atoms with van der Waals surface area (Å²) in [5.74, 6) is 0.599. The first kappa shape index (κ1) is 13.7. The maximum atomic E-state index is 11.9. The van der Waals surface area contributed by atoms with E-state index in [0.29, 0.717) is 16.3 Å². The molecule has 0 aromatic heterocycles. The Morgan fingerprint density at radius 1 is 1.50 bits per heavy atom. The normalized spacial score (nSPS) is 21.4. The second kappa shape index (κ2) is 5.80. The number of nitrogens with zero attached hydrogens (tertiary/aromatic N) is 1. The van der Waals surface area contributed by atoms with Gasteiger partial charge >= 0.3 is 6.18 Å². The van der Waals surface area contributed by atoms with Gasteiger partial charge < -0.3 is 5.32 Å². The van der Waals surface area contributed by atoms with Gasteiger partial charge in [-0.25, -0.2) is 0 Å². The van der Waals surface area contributed by atoms with E-state index in [9.17, 15) is 13.2 Å². The van der Waals surface area contributed by atoms with Crippen LogP contribution in [0.4, 0.5) is 13.2 Å². The molecule has 1 N–H and O–H groups in total. The fourth-order valence-electron chi connectivity index (χ4n) is 1.47. The van der Waals surface area contributed by atoms with Crippen LogP contribution in [0.2, 0.25) is 0 Å². The summed E-state index contributed by atoms with van der Waals surface area (Å²) in [4.78, 5) is 4.19. The van der Waals surface area contributed by atoms with Gasteiger partial charge in [-0.05, 0) is 12.3 Å². The second-order valence-electron chi connectivity index (χ2n) is 4.31. The number of hydrogen-bond donors (Lipinski definition) is 1. The van der Waals surface area contributed by atoms with Crippen LogP contribution >= 0.6 is 11.8 Å². The number of nitrogens with one attached hydrogen (secondary N) is 1. The molecule has 1 unspecified atom stereocenters. The Morgan fingerprint density at radius 3 is 2.75 bits per heavy atom. The number of hydrogen-bond acceptors (Lipinski definition) is 3. The minimum Gasteiger partial charge on any atom is -0.365 e. The van der Waals surface area contributed by atoms with Crippen molar-refractivity contribution in [2.75, 3.05) is 13.1 Å². The molecule has 1 rings (SSSR count).